The Morgan fingerprint density at radius 3 is 2.52 bits per heavy atom. The lowest BCUT2D eigenvalue weighted by atomic mass is 10.2. The molecule has 1 aromatic carbocycles. The number of aryl methyl sites for hydroxylation is 1. The van der Waals surface area contributed by atoms with Gasteiger partial charge in [0.1, 0.15) is 6.04 Å². The summed E-state index contributed by atoms with van der Waals surface area (Å²) in [5.74, 6) is 0.510. The van der Waals surface area contributed by atoms with E-state index in [0.29, 0.717) is 34.8 Å². The van der Waals surface area contributed by atoms with Crippen LogP contribution in [0, 0.1) is 6.92 Å². The summed E-state index contributed by atoms with van der Waals surface area (Å²) in [6.07, 6.45) is 2.45. The van der Waals surface area contributed by atoms with Gasteiger partial charge in [-0.1, -0.05) is 6.92 Å². The zero-order chi connectivity index (χ0) is 20.0. The molecule has 0 aliphatic heterocycles. The summed E-state index contributed by atoms with van der Waals surface area (Å²) in [6, 6.07) is 4.49. The number of carbonyl (C=O) groups is 2. The second-order valence-corrected chi connectivity index (χ2v) is 7.05. The number of hydrogen-bond donors (Lipinski definition) is 1. The lowest BCUT2D eigenvalue weighted by Crippen LogP contribution is -2.35. The van der Waals surface area contributed by atoms with Gasteiger partial charge in [0.15, 0.2) is 16.3 Å². The monoisotopic (exact) mass is 391 g/mol. The van der Waals surface area contributed by atoms with E-state index in [1.165, 1.54) is 25.6 Å². The normalized spacial score (nSPS) is 12.6. The van der Waals surface area contributed by atoms with Gasteiger partial charge in [-0.2, -0.15) is 4.99 Å². The SMILES string of the molecule is CCNC(=O)[C@H](CC)n1cc(C)sc1=NC(=O)c1ccc(OC)c(OC)c1. The number of aromatic nitrogens is 1. The number of nitrogens with one attached hydrogen (secondary N) is 1. The Morgan fingerprint density at radius 2 is 1.93 bits per heavy atom. The number of amides is 2. The Morgan fingerprint density at radius 1 is 1.22 bits per heavy atom. The number of carbonyl (C=O) groups excluding carboxylic acids is 2. The number of benzene rings is 1. The Bertz CT molecular complexity index is 885. The summed E-state index contributed by atoms with van der Waals surface area (Å²) in [5, 5.41) is 2.83. The third-order valence-corrected chi connectivity index (χ3v) is 4.91. The molecule has 7 nitrogen and oxygen atoms in total. The first-order chi connectivity index (χ1) is 12.9. The Kier molecular flexibility index (Phi) is 7.18. The molecule has 2 aromatic rings. The van der Waals surface area contributed by atoms with Gasteiger partial charge in [-0.25, -0.2) is 0 Å². The van der Waals surface area contributed by atoms with E-state index in [2.05, 4.69) is 10.3 Å². The summed E-state index contributed by atoms with van der Waals surface area (Å²) in [7, 11) is 3.05. The highest BCUT2D eigenvalue weighted by atomic mass is 32.1. The van der Waals surface area contributed by atoms with Crippen LogP contribution in [-0.4, -0.2) is 37.1 Å². The van der Waals surface area contributed by atoms with Crippen molar-refractivity contribution in [3.8, 4) is 11.5 Å². The summed E-state index contributed by atoms with van der Waals surface area (Å²) in [4.78, 5) is 30.8. The van der Waals surface area contributed by atoms with Gasteiger partial charge in [-0.3, -0.25) is 9.59 Å². The van der Waals surface area contributed by atoms with Crippen molar-refractivity contribution in [2.24, 2.45) is 4.99 Å². The van der Waals surface area contributed by atoms with Crippen LogP contribution in [0.3, 0.4) is 0 Å². The highest BCUT2D eigenvalue weighted by molar-refractivity contribution is 7.09. The molecule has 2 rings (SSSR count). The smallest absolute Gasteiger partial charge is 0.279 e. The third-order valence-electron chi connectivity index (χ3n) is 4.00. The van der Waals surface area contributed by atoms with E-state index in [4.69, 9.17) is 9.47 Å². The fraction of sp³-hybridized carbons (Fsp3) is 0.421. The van der Waals surface area contributed by atoms with Crippen molar-refractivity contribution < 1.29 is 19.1 Å². The van der Waals surface area contributed by atoms with E-state index < -0.39 is 11.9 Å². The fourth-order valence-electron chi connectivity index (χ4n) is 2.70. The summed E-state index contributed by atoms with van der Waals surface area (Å²) >= 11 is 1.37. The highest BCUT2D eigenvalue weighted by Gasteiger charge is 2.20. The molecule has 1 heterocycles. The molecule has 2 amide bonds. The quantitative estimate of drug-likeness (QED) is 0.787. The van der Waals surface area contributed by atoms with Crippen molar-refractivity contribution in [3.05, 3.63) is 39.6 Å². The van der Waals surface area contributed by atoms with Crippen molar-refractivity contribution >= 4 is 23.2 Å². The molecule has 0 radical (unpaired) electrons. The minimum atomic E-state index is -0.410. The summed E-state index contributed by atoms with van der Waals surface area (Å²) in [5.41, 5.74) is 0.385. The lowest BCUT2D eigenvalue weighted by molar-refractivity contribution is -0.124. The van der Waals surface area contributed by atoms with E-state index in [1.54, 1.807) is 22.8 Å². The molecule has 27 heavy (non-hydrogen) atoms. The molecule has 8 heteroatoms. The molecule has 0 fully saturated rings. The Balaban J connectivity index is 2.44. The van der Waals surface area contributed by atoms with E-state index >= 15 is 0 Å². The van der Waals surface area contributed by atoms with E-state index in [1.807, 2.05) is 27.0 Å². The largest absolute Gasteiger partial charge is 0.493 e. The molecule has 0 saturated heterocycles. The predicted octanol–water partition coefficient (Wildman–Crippen LogP) is 2.70. The van der Waals surface area contributed by atoms with Gasteiger partial charge in [0.25, 0.3) is 5.91 Å². The zero-order valence-corrected chi connectivity index (χ0v) is 17.1. The van der Waals surface area contributed by atoms with Crippen LogP contribution in [0.15, 0.2) is 29.4 Å². The molecular formula is C19H25N3O4S. The van der Waals surface area contributed by atoms with Gasteiger partial charge in [0.05, 0.1) is 14.2 Å². The predicted molar refractivity (Wildman–Crippen MR) is 104 cm³/mol. The number of nitrogens with zero attached hydrogens (tertiary/aromatic N) is 2. The summed E-state index contributed by atoms with van der Waals surface area (Å²) < 4.78 is 12.2. The van der Waals surface area contributed by atoms with Crippen LogP contribution in [0.4, 0.5) is 0 Å². The van der Waals surface area contributed by atoms with Gasteiger partial charge in [0.2, 0.25) is 5.91 Å². The molecule has 0 saturated carbocycles. The number of likely N-dealkylation sites (N-methyl/N-ethyl adjacent to an activating group) is 1. The number of thiazole rings is 1. The second kappa shape index (κ2) is 9.36. The van der Waals surface area contributed by atoms with E-state index in [0.717, 1.165) is 4.88 Å². The van der Waals surface area contributed by atoms with E-state index in [9.17, 15) is 9.59 Å². The van der Waals surface area contributed by atoms with Crippen molar-refractivity contribution in [1.82, 2.24) is 9.88 Å². The number of methoxy groups -OCH3 is 2. The van der Waals surface area contributed by atoms with Gasteiger partial charge >= 0.3 is 0 Å². The van der Waals surface area contributed by atoms with E-state index in [-0.39, 0.29) is 5.91 Å². The number of rotatable bonds is 7. The zero-order valence-electron chi connectivity index (χ0n) is 16.2. The standard InChI is InChI=1S/C19H25N3O4S/c1-6-14(18(24)20-7-2)22-11-12(3)27-19(22)21-17(23)13-8-9-15(25-4)16(10-13)26-5/h8-11,14H,6-7H2,1-5H3,(H,20,24)/t14-/m0/s1. The first kappa shape index (κ1) is 20.7. The number of hydrogen-bond acceptors (Lipinski definition) is 5. The van der Waals surface area contributed by atoms with Gasteiger partial charge < -0.3 is 19.4 Å². The van der Waals surface area contributed by atoms with Crippen LogP contribution < -0.4 is 19.6 Å². The highest BCUT2D eigenvalue weighted by Crippen LogP contribution is 2.27. The van der Waals surface area contributed by atoms with Crippen molar-refractivity contribution in [2.45, 2.75) is 33.2 Å². The van der Waals surface area contributed by atoms with Crippen LogP contribution in [0.1, 0.15) is 41.5 Å². The molecule has 0 bridgehead atoms. The van der Waals surface area contributed by atoms with Crippen LogP contribution >= 0.6 is 11.3 Å². The molecule has 146 valence electrons. The molecule has 1 aromatic heterocycles. The fourth-order valence-corrected chi connectivity index (χ4v) is 3.57. The van der Waals surface area contributed by atoms with Crippen LogP contribution in [0.5, 0.6) is 11.5 Å². The minimum Gasteiger partial charge on any atom is -0.493 e. The molecular weight excluding hydrogens is 366 g/mol. The van der Waals surface area contributed by atoms with Crippen molar-refractivity contribution in [1.29, 1.82) is 0 Å². The lowest BCUT2D eigenvalue weighted by Gasteiger charge is -2.16. The van der Waals surface area contributed by atoms with Crippen LogP contribution in [0.2, 0.25) is 0 Å². The van der Waals surface area contributed by atoms with Gasteiger partial charge in [0, 0.05) is 23.2 Å². The maximum Gasteiger partial charge on any atom is 0.279 e. The topological polar surface area (TPSA) is 81.9 Å². The maximum absolute atomic E-state index is 12.7. The molecule has 0 aliphatic carbocycles. The second-order valence-electron chi connectivity index (χ2n) is 5.84. The minimum absolute atomic E-state index is 0.0854. The van der Waals surface area contributed by atoms with Crippen LogP contribution in [0.25, 0.3) is 0 Å². The summed E-state index contributed by atoms with van der Waals surface area (Å²) in [6.45, 7) is 6.28. The molecule has 0 spiro atoms. The molecule has 0 aliphatic rings. The van der Waals surface area contributed by atoms with Crippen molar-refractivity contribution in [3.63, 3.8) is 0 Å². The van der Waals surface area contributed by atoms with Gasteiger partial charge in [-0.15, -0.1) is 11.3 Å². The number of ether oxygens (including phenoxy) is 2. The third kappa shape index (κ3) is 4.77. The molecule has 0 unspecified atom stereocenters. The van der Waals surface area contributed by atoms with Crippen LogP contribution in [-0.2, 0) is 4.79 Å². The first-order valence-corrected chi connectivity index (χ1v) is 9.54. The molecule has 1 atom stereocenters. The van der Waals surface area contributed by atoms with Gasteiger partial charge in [-0.05, 0) is 38.5 Å². The first-order valence-electron chi connectivity index (χ1n) is 8.72. The Hall–Kier alpha value is -2.61. The average molecular weight is 391 g/mol. The maximum atomic E-state index is 12.7. The Labute approximate surface area is 162 Å². The van der Waals surface area contributed by atoms with Crippen molar-refractivity contribution in [2.75, 3.05) is 20.8 Å². The molecule has 1 N–H and O–H groups in total. The average Bonchev–Trinajstić information content (AvgIpc) is 3.01.